The van der Waals surface area contributed by atoms with Crippen LogP contribution in [-0.4, -0.2) is 36.4 Å². The van der Waals surface area contributed by atoms with E-state index in [1.54, 1.807) is 23.2 Å². The molecule has 0 aromatic carbocycles. The number of ketones is 1. The summed E-state index contributed by atoms with van der Waals surface area (Å²) in [5.74, 6) is 0.357. The summed E-state index contributed by atoms with van der Waals surface area (Å²) in [7, 11) is 3.12. The third-order valence-electron chi connectivity index (χ3n) is 2.57. The lowest BCUT2D eigenvalue weighted by Gasteiger charge is -2.07. The van der Waals surface area contributed by atoms with E-state index in [0.29, 0.717) is 34.5 Å². The second-order valence-corrected chi connectivity index (χ2v) is 5.03. The summed E-state index contributed by atoms with van der Waals surface area (Å²) in [6, 6.07) is 1.75. The molecule has 0 N–H and O–H groups in total. The summed E-state index contributed by atoms with van der Waals surface area (Å²) >= 11 is 7.37. The van der Waals surface area contributed by atoms with Gasteiger partial charge in [-0.15, -0.1) is 11.3 Å². The highest BCUT2D eigenvalue weighted by atomic mass is 35.5. The largest absolute Gasteiger partial charge is 0.495 e. The van der Waals surface area contributed by atoms with Crippen molar-refractivity contribution in [1.29, 1.82) is 0 Å². The molecule has 0 aliphatic heterocycles. The van der Waals surface area contributed by atoms with Crippen molar-refractivity contribution in [3.8, 4) is 5.75 Å². The minimum absolute atomic E-state index is 0.189. The Balaban J connectivity index is 2.35. The monoisotopic (exact) mass is 300 g/mol. The lowest BCUT2D eigenvalue weighted by molar-refractivity contribution is 0.102. The first-order valence-corrected chi connectivity index (χ1v) is 6.81. The van der Waals surface area contributed by atoms with Crippen LogP contribution in [0.5, 0.6) is 5.75 Å². The zero-order valence-electron chi connectivity index (χ0n) is 10.6. The average Bonchev–Trinajstić information content (AvgIpc) is 3.02. The van der Waals surface area contributed by atoms with Crippen molar-refractivity contribution in [2.75, 3.05) is 20.8 Å². The van der Waals surface area contributed by atoms with Gasteiger partial charge in [-0.05, 0) is 11.4 Å². The van der Waals surface area contributed by atoms with Crippen molar-refractivity contribution in [2.24, 2.45) is 0 Å². The number of methoxy groups -OCH3 is 2. The number of hydrogen-bond donors (Lipinski definition) is 0. The maximum atomic E-state index is 12.5. The average molecular weight is 301 g/mol. The Morgan fingerprint density at radius 3 is 3.00 bits per heavy atom. The molecule has 5 nitrogen and oxygen atoms in total. The molecule has 2 aromatic heterocycles. The maximum absolute atomic E-state index is 12.5. The summed E-state index contributed by atoms with van der Waals surface area (Å²) in [6.45, 7) is 0.928. The molecule has 2 aromatic rings. The molecule has 0 spiro atoms. The molecular formula is C12H13ClN2O3S. The summed E-state index contributed by atoms with van der Waals surface area (Å²) < 4.78 is 11.7. The molecule has 2 rings (SSSR count). The fourth-order valence-corrected chi connectivity index (χ4v) is 2.69. The van der Waals surface area contributed by atoms with Gasteiger partial charge in [0, 0.05) is 7.11 Å². The highest BCUT2D eigenvalue weighted by molar-refractivity contribution is 7.12. The number of rotatable bonds is 6. The van der Waals surface area contributed by atoms with E-state index in [-0.39, 0.29) is 5.78 Å². The molecular weight excluding hydrogens is 288 g/mol. The first-order chi connectivity index (χ1) is 9.19. The molecule has 0 aliphatic carbocycles. The van der Waals surface area contributed by atoms with Crippen molar-refractivity contribution in [3.63, 3.8) is 0 Å². The zero-order valence-corrected chi connectivity index (χ0v) is 12.1. The Hall–Kier alpha value is -1.37. The molecule has 0 unspecified atom stereocenters. The molecule has 0 bridgehead atoms. The fraction of sp³-hybridized carbons (Fsp3) is 0.333. The van der Waals surface area contributed by atoms with Gasteiger partial charge in [-0.2, -0.15) is 5.10 Å². The number of halogens is 1. The Bertz CT molecular complexity index is 579. The molecule has 19 heavy (non-hydrogen) atoms. The van der Waals surface area contributed by atoms with Crippen molar-refractivity contribution >= 4 is 28.7 Å². The smallest absolute Gasteiger partial charge is 0.226 e. The second-order valence-electron chi connectivity index (χ2n) is 3.70. The predicted octanol–water partition coefficient (Wildman–Crippen LogP) is 2.48. The Kier molecular flexibility index (Phi) is 4.57. The van der Waals surface area contributed by atoms with Gasteiger partial charge in [0.15, 0.2) is 0 Å². The zero-order chi connectivity index (χ0) is 13.8. The van der Waals surface area contributed by atoms with Crippen LogP contribution in [0.1, 0.15) is 15.4 Å². The number of ether oxygens (including phenoxy) is 2. The third-order valence-corrected chi connectivity index (χ3v) is 3.74. The van der Waals surface area contributed by atoms with Gasteiger partial charge in [-0.3, -0.25) is 9.48 Å². The molecule has 0 atom stereocenters. The van der Waals surface area contributed by atoms with Gasteiger partial charge in [-0.25, -0.2) is 0 Å². The standard InChI is InChI=1S/C12H13ClN2O3S/c1-17-5-4-15-10(8(13)7-14-15)11(16)12-9(18-2)3-6-19-12/h3,6-7H,4-5H2,1-2H3. The highest BCUT2D eigenvalue weighted by Gasteiger charge is 2.23. The number of hydrogen-bond acceptors (Lipinski definition) is 5. The van der Waals surface area contributed by atoms with E-state index < -0.39 is 0 Å². The van der Waals surface area contributed by atoms with E-state index >= 15 is 0 Å². The van der Waals surface area contributed by atoms with Crippen LogP contribution < -0.4 is 4.74 Å². The molecule has 7 heteroatoms. The van der Waals surface area contributed by atoms with Crippen LogP contribution in [0.25, 0.3) is 0 Å². The topological polar surface area (TPSA) is 53.4 Å². The van der Waals surface area contributed by atoms with Crippen LogP contribution in [0.2, 0.25) is 5.02 Å². The van der Waals surface area contributed by atoms with Crippen LogP contribution in [0.4, 0.5) is 0 Å². The van der Waals surface area contributed by atoms with Gasteiger partial charge in [0.1, 0.15) is 16.3 Å². The van der Waals surface area contributed by atoms with Crippen molar-refractivity contribution < 1.29 is 14.3 Å². The lowest BCUT2D eigenvalue weighted by Crippen LogP contribution is -2.14. The summed E-state index contributed by atoms with van der Waals surface area (Å²) in [4.78, 5) is 13.0. The Labute approximate surface area is 119 Å². The molecule has 0 fully saturated rings. The third kappa shape index (κ3) is 2.80. The fourth-order valence-electron chi connectivity index (χ4n) is 1.67. The molecule has 0 saturated heterocycles. The van der Waals surface area contributed by atoms with E-state index in [1.165, 1.54) is 24.6 Å². The number of aromatic nitrogens is 2. The van der Waals surface area contributed by atoms with Gasteiger partial charge < -0.3 is 9.47 Å². The summed E-state index contributed by atoms with van der Waals surface area (Å²) in [5, 5.41) is 6.22. The maximum Gasteiger partial charge on any atom is 0.226 e. The predicted molar refractivity (Wildman–Crippen MR) is 73.4 cm³/mol. The minimum atomic E-state index is -0.189. The second kappa shape index (κ2) is 6.18. The first kappa shape index (κ1) is 14.0. The van der Waals surface area contributed by atoms with Gasteiger partial charge in [0.25, 0.3) is 0 Å². The lowest BCUT2D eigenvalue weighted by atomic mass is 10.2. The van der Waals surface area contributed by atoms with E-state index in [2.05, 4.69) is 5.10 Å². The highest BCUT2D eigenvalue weighted by Crippen LogP contribution is 2.29. The van der Waals surface area contributed by atoms with Crippen molar-refractivity contribution in [3.05, 3.63) is 33.2 Å². The van der Waals surface area contributed by atoms with E-state index in [0.717, 1.165) is 0 Å². The van der Waals surface area contributed by atoms with Gasteiger partial charge in [0.05, 0.1) is 31.5 Å². The van der Waals surface area contributed by atoms with Crippen LogP contribution in [0.3, 0.4) is 0 Å². The number of nitrogens with zero attached hydrogens (tertiary/aromatic N) is 2. The van der Waals surface area contributed by atoms with Gasteiger partial charge in [-0.1, -0.05) is 11.6 Å². The van der Waals surface area contributed by atoms with Crippen molar-refractivity contribution in [2.45, 2.75) is 6.54 Å². The summed E-state index contributed by atoms with van der Waals surface area (Å²) in [6.07, 6.45) is 1.46. The quantitative estimate of drug-likeness (QED) is 0.769. The van der Waals surface area contributed by atoms with Crippen LogP contribution >= 0.6 is 22.9 Å². The molecule has 0 aliphatic rings. The Morgan fingerprint density at radius 1 is 1.53 bits per heavy atom. The van der Waals surface area contributed by atoms with Crippen LogP contribution in [0.15, 0.2) is 17.6 Å². The Morgan fingerprint density at radius 2 is 2.32 bits per heavy atom. The minimum Gasteiger partial charge on any atom is -0.495 e. The van der Waals surface area contributed by atoms with Gasteiger partial charge >= 0.3 is 0 Å². The van der Waals surface area contributed by atoms with Crippen LogP contribution in [0, 0.1) is 0 Å². The molecule has 0 radical (unpaired) electrons. The SMILES string of the molecule is COCCn1ncc(Cl)c1C(=O)c1sccc1OC. The number of carbonyl (C=O) groups is 1. The van der Waals surface area contributed by atoms with E-state index in [4.69, 9.17) is 21.1 Å². The van der Waals surface area contributed by atoms with Crippen LogP contribution in [-0.2, 0) is 11.3 Å². The van der Waals surface area contributed by atoms with E-state index in [1.807, 2.05) is 0 Å². The molecule has 0 amide bonds. The molecule has 102 valence electrons. The molecule has 0 saturated carbocycles. The normalized spacial score (nSPS) is 10.7. The molecule has 2 heterocycles. The van der Waals surface area contributed by atoms with Crippen molar-refractivity contribution in [1.82, 2.24) is 9.78 Å². The summed E-state index contributed by atoms with van der Waals surface area (Å²) in [5.41, 5.74) is 0.361. The number of thiophene rings is 1. The number of carbonyl (C=O) groups excluding carboxylic acids is 1. The first-order valence-electron chi connectivity index (χ1n) is 5.55. The van der Waals surface area contributed by atoms with E-state index in [9.17, 15) is 4.79 Å². The van der Waals surface area contributed by atoms with Gasteiger partial charge in [0.2, 0.25) is 5.78 Å².